The Morgan fingerprint density at radius 1 is 1.47 bits per heavy atom. The number of amides is 1. The minimum absolute atomic E-state index is 0.0195. The Hall–Kier alpha value is -1.71. The third-order valence-corrected chi connectivity index (χ3v) is 4.26. The molecule has 0 atom stereocenters. The summed E-state index contributed by atoms with van der Waals surface area (Å²) in [6, 6.07) is 1.49. The molecule has 1 aromatic rings. The second-order valence-corrected chi connectivity index (χ2v) is 6.22. The first-order chi connectivity index (χ1) is 8.88. The predicted octanol–water partition coefficient (Wildman–Crippen LogP) is -1.01. The van der Waals surface area contributed by atoms with Gasteiger partial charge in [-0.3, -0.25) is 15.6 Å². The number of rotatable bonds is 6. The van der Waals surface area contributed by atoms with Gasteiger partial charge >= 0.3 is 0 Å². The van der Waals surface area contributed by atoms with Crippen molar-refractivity contribution in [3.05, 3.63) is 24.0 Å². The maximum absolute atomic E-state index is 11.8. The van der Waals surface area contributed by atoms with Crippen LogP contribution in [-0.4, -0.2) is 50.0 Å². The molecule has 1 amide bonds. The van der Waals surface area contributed by atoms with Gasteiger partial charge in [0.15, 0.2) is 0 Å². The highest BCUT2D eigenvalue weighted by Crippen LogP contribution is 2.11. The zero-order valence-electron chi connectivity index (χ0n) is 10.8. The van der Waals surface area contributed by atoms with Gasteiger partial charge in [-0.05, 0) is 6.07 Å². The van der Waals surface area contributed by atoms with Crippen molar-refractivity contribution in [3.8, 4) is 0 Å². The third-order valence-electron chi connectivity index (χ3n) is 2.42. The number of aromatic nitrogens is 1. The van der Waals surface area contributed by atoms with Gasteiger partial charge in [0.05, 0.1) is 23.2 Å². The number of hydrazine groups is 1. The van der Waals surface area contributed by atoms with E-state index in [0.29, 0.717) is 11.3 Å². The minimum Gasteiger partial charge on any atom is -0.351 e. The lowest BCUT2D eigenvalue weighted by Gasteiger charge is -2.12. The van der Waals surface area contributed by atoms with Crippen molar-refractivity contribution in [2.75, 3.05) is 31.8 Å². The van der Waals surface area contributed by atoms with Crippen molar-refractivity contribution in [1.82, 2.24) is 14.6 Å². The van der Waals surface area contributed by atoms with E-state index in [2.05, 4.69) is 15.7 Å². The summed E-state index contributed by atoms with van der Waals surface area (Å²) in [6.45, 7) is 0.0195. The van der Waals surface area contributed by atoms with Gasteiger partial charge in [-0.1, -0.05) is 0 Å². The SMILES string of the molecule is CN(C)S(=O)(=O)CCNC(=O)c1ccncc1NN. The lowest BCUT2D eigenvalue weighted by molar-refractivity contribution is 0.0956. The fraction of sp³-hybridized carbons (Fsp3) is 0.400. The molecule has 0 unspecified atom stereocenters. The number of nitrogens with two attached hydrogens (primary N) is 1. The van der Waals surface area contributed by atoms with E-state index in [0.717, 1.165) is 4.31 Å². The molecule has 8 nitrogen and oxygen atoms in total. The van der Waals surface area contributed by atoms with Gasteiger partial charge in [0.25, 0.3) is 5.91 Å². The largest absolute Gasteiger partial charge is 0.351 e. The summed E-state index contributed by atoms with van der Waals surface area (Å²) >= 11 is 0. The van der Waals surface area contributed by atoms with E-state index >= 15 is 0 Å². The summed E-state index contributed by atoms with van der Waals surface area (Å²) in [4.78, 5) is 15.7. The van der Waals surface area contributed by atoms with E-state index in [1.54, 1.807) is 0 Å². The Balaban J connectivity index is 2.62. The number of pyridine rings is 1. The van der Waals surface area contributed by atoms with Crippen LogP contribution in [0.15, 0.2) is 18.5 Å². The van der Waals surface area contributed by atoms with E-state index in [4.69, 9.17) is 5.84 Å². The monoisotopic (exact) mass is 287 g/mol. The Labute approximate surface area is 112 Å². The molecule has 1 aromatic heterocycles. The highest BCUT2D eigenvalue weighted by molar-refractivity contribution is 7.89. The Bertz CT molecular complexity index is 544. The van der Waals surface area contributed by atoms with Crippen LogP contribution in [0.5, 0.6) is 0 Å². The first kappa shape index (κ1) is 15.3. The zero-order chi connectivity index (χ0) is 14.5. The highest BCUT2D eigenvalue weighted by Gasteiger charge is 2.15. The second kappa shape index (κ2) is 6.45. The number of nitrogens with one attached hydrogen (secondary N) is 2. The molecular formula is C10H17N5O3S. The molecule has 0 aliphatic heterocycles. The van der Waals surface area contributed by atoms with Gasteiger partial charge in [0, 0.05) is 26.8 Å². The van der Waals surface area contributed by atoms with E-state index in [1.165, 1.54) is 32.6 Å². The molecule has 0 spiro atoms. The number of carbonyl (C=O) groups is 1. The van der Waals surface area contributed by atoms with Crippen molar-refractivity contribution >= 4 is 21.6 Å². The number of carbonyl (C=O) groups excluding carboxylic acids is 1. The summed E-state index contributed by atoms with van der Waals surface area (Å²) in [7, 11) is -0.444. The van der Waals surface area contributed by atoms with Gasteiger partial charge < -0.3 is 10.7 Å². The molecular weight excluding hydrogens is 270 g/mol. The van der Waals surface area contributed by atoms with E-state index in [-0.39, 0.29) is 12.3 Å². The average molecular weight is 287 g/mol. The number of nitrogens with zero attached hydrogens (tertiary/aromatic N) is 2. The third kappa shape index (κ3) is 4.16. The molecule has 4 N–H and O–H groups in total. The fourth-order valence-electron chi connectivity index (χ4n) is 1.28. The predicted molar refractivity (Wildman–Crippen MR) is 71.9 cm³/mol. The summed E-state index contributed by atoms with van der Waals surface area (Å²) < 4.78 is 24.1. The Morgan fingerprint density at radius 3 is 2.74 bits per heavy atom. The number of hydrogen-bond acceptors (Lipinski definition) is 6. The van der Waals surface area contributed by atoms with Gasteiger partial charge in [0.2, 0.25) is 10.0 Å². The first-order valence-corrected chi connectivity index (χ1v) is 7.08. The van der Waals surface area contributed by atoms with Crippen LogP contribution in [0.1, 0.15) is 10.4 Å². The zero-order valence-corrected chi connectivity index (χ0v) is 11.6. The van der Waals surface area contributed by atoms with Crippen LogP contribution in [0.2, 0.25) is 0 Å². The van der Waals surface area contributed by atoms with Crippen LogP contribution >= 0.6 is 0 Å². The summed E-state index contributed by atoms with van der Waals surface area (Å²) in [5, 5.41) is 2.52. The number of nitrogen functional groups attached to an aromatic ring is 1. The van der Waals surface area contributed by atoms with Crippen LogP contribution in [-0.2, 0) is 10.0 Å². The van der Waals surface area contributed by atoms with E-state index in [1.807, 2.05) is 0 Å². The van der Waals surface area contributed by atoms with Crippen LogP contribution in [0, 0.1) is 0 Å². The summed E-state index contributed by atoms with van der Waals surface area (Å²) in [6.07, 6.45) is 2.86. The molecule has 0 fully saturated rings. The molecule has 1 heterocycles. The van der Waals surface area contributed by atoms with E-state index in [9.17, 15) is 13.2 Å². The van der Waals surface area contributed by atoms with Crippen molar-refractivity contribution < 1.29 is 13.2 Å². The first-order valence-electron chi connectivity index (χ1n) is 5.47. The lowest BCUT2D eigenvalue weighted by atomic mass is 10.2. The standard InChI is InChI=1S/C10H17N5O3S/c1-15(2)19(17,18)6-5-13-10(16)8-3-4-12-7-9(8)14-11/h3-4,7,14H,5-6,11H2,1-2H3,(H,13,16). The number of hydrogen-bond donors (Lipinski definition) is 3. The van der Waals surface area contributed by atoms with Crippen LogP contribution in [0.3, 0.4) is 0 Å². The maximum Gasteiger partial charge on any atom is 0.253 e. The van der Waals surface area contributed by atoms with Gasteiger partial charge in [0.1, 0.15) is 0 Å². The van der Waals surface area contributed by atoms with Crippen molar-refractivity contribution in [3.63, 3.8) is 0 Å². The quantitative estimate of drug-likeness (QED) is 0.456. The molecule has 0 aliphatic rings. The molecule has 0 aliphatic carbocycles. The van der Waals surface area contributed by atoms with Crippen LogP contribution in [0.4, 0.5) is 5.69 Å². The van der Waals surface area contributed by atoms with Crippen molar-refractivity contribution in [1.29, 1.82) is 0 Å². The normalized spacial score (nSPS) is 11.4. The number of anilines is 1. The topological polar surface area (TPSA) is 117 Å². The molecule has 0 bridgehead atoms. The fourth-order valence-corrected chi connectivity index (χ4v) is 2.00. The van der Waals surface area contributed by atoms with Crippen molar-refractivity contribution in [2.45, 2.75) is 0 Å². The lowest BCUT2D eigenvalue weighted by Crippen LogP contribution is -2.34. The smallest absolute Gasteiger partial charge is 0.253 e. The summed E-state index contributed by atoms with van der Waals surface area (Å²) in [5.74, 6) is 4.68. The molecule has 1 rings (SSSR count). The molecule has 0 radical (unpaired) electrons. The average Bonchev–Trinajstić information content (AvgIpc) is 2.38. The Kier molecular flexibility index (Phi) is 5.21. The van der Waals surface area contributed by atoms with Gasteiger partial charge in [-0.15, -0.1) is 0 Å². The molecule has 0 aromatic carbocycles. The Morgan fingerprint density at radius 2 is 2.16 bits per heavy atom. The minimum atomic E-state index is -3.33. The maximum atomic E-state index is 11.8. The van der Waals surface area contributed by atoms with Crippen LogP contribution < -0.4 is 16.6 Å². The molecule has 19 heavy (non-hydrogen) atoms. The van der Waals surface area contributed by atoms with Crippen LogP contribution in [0.25, 0.3) is 0 Å². The highest BCUT2D eigenvalue weighted by atomic mass is 32.2. The van der Waals surface area contributed by atoms with Gasteiger partial charge in [-0.2, -0.15) is 0 Å². The molecule has 0 saturated heterocycles. The summed E-state index contributed by atoms with van der Waals surface area (Å²) in [5.41, 5.74) is 3.03. The van der Waals surface area contributed by atoms with E-state index < -0.39 is 15.9 Å². The second-order valence-electron chi connectivity index (χ2n) is 3.92. The van der Waals surface area contributed by atoms with Gasteiger partial charge in [-0.25, -0.2) is 12.7 Å². The molecule has 106 valence electrons. The molecule has 9 heteroatoms. The molecule has 0 saturated carbocycles. The number of sulfonamides is 1. The van der Waals surface area contributed by atoms with Crippen molar-refractivity contribution in [2.24, 2.45) is 5.84 Å².